The molecule has 1 saturated heterocycles. The Bertz CT molecular complexity index is 638. The summed E-state index contributed by atoms with van der Waals surface area (Å²) in [5.41, 5.74) is 1.23. The van der Waals surface area contributed by atoms with E-state index >= 15 is 0 Å². The molecule has 1 aromatic rings. The van der Waals surface area contributed by atoms with E-state index in [0.29, 0.717) is 41.8 Å². The van der Waals surface area contributed by atoms with Gasteiger partial charge in [0.25, 0.3) is 5.91 Å². The lowest BCUT2D eigenvalue weighted by atomic mass is 9.94. The minimum Gasteiger partial charge on any atom is -0.489 e. The third-order valence-corrected chi connectivity index (χ3v) is 5.23. The topological polar surface area (TPSA) is 68.8 Å². The molecule has 1 unspecified atom stereocenters. The van der Waals surface area contributed by atoms with Gasteiger partial charge in [0.1, 0.15) is 0 Å². The van der Waals surface area contributed by atoms with Crippen LogP contribution in [0.25, 0.3) is 0 Å². The number of amides is 1. The quantitative estimate of drug-likeness (QED) is 0.852. The molecule has 2 aliphatic heterocycles. The minimum absolute atomic E-state index is 0.104. The minimum atomic E-state index is -0.197. The molecule has 1 fully saturated rings. The molecule has 0 saturated carbocycles. The average Bonchev–Trinajstić information content (AvgIpc) is 2.89. The van der Waals surface area contributed by atoms with Gasteiger partial charge in [-0.25, -0.2) is 0 Å². The van der Waals surface area contributed by atoms with E-state index in [9.17, 15) is 4.79 Å². The van der Waals surface area contributed by atoms with Crippen molar-refractivity contribution in [2.24, 2.45) is 5.92 Å². The molecule has 2 heterocycles. The number of benzene rings is 1. The summed E-state index contributed by atoms with van der Waals surface area (Å²) in [5.74, 6) is 1.15. The maximum atomic E-state index is 12.8. The van der Waals surface area contributed by atoms with E-state index in [0.717, 1.165) is 31.5 Å². The summed E-state index contributed by atoms with van der Waals surface area (Å²) in [4.78, 5) is 12.8. The van der Waals surface area contributed by atoms with Crippen LogP contribution in [0.1, 0.15) is 28.8 Å². The van der Waals surface area contributed by atoms with Crippen LogP contribution < -0.4 is 20.1 Å². The first-order valence-electron chi connectivity index (χ1n) is 8.72. The van der Waals surface area contributed by atoms with Crippen molar-refractivity contribution in [2.45, 2.75) is 25.9 Å². The van der Waals surface area contributed by atoms with E-state index in [2.05, 4.69) is 10.6 Å². The number of nitrogens with one attached hydrogen (secondary N) is 2. The molecule has 0 bridgehead atoms. The second-order valence-corrected chi connectivity index (χ2v) is 6.88. The Morgan fingerprint density at radius 1 is 1.40 bits per heavy atom. The van der Waals surface area contributed by atoms with Crippen molar-refractivity contribution in [3.63, 3.8) is 0 Å². The Morgan fingerprint density at radius 2 is 2.16 bits per heavy atom. The first-order chi connectivity index (χ1) is 12.1. The molecule has 7 heteroatoms. The molecule has 0 spiro atoms. The van der Waals surface area contributed by atoms with Crippen molar-refractivity contribution in [3.05, 3.63) is 22.2 Å². The predicted octanol–water partition coefficient (Wildman–Crippen LogP) is 2.16. The van der Waals surface area contributed by atoms with Crippen LogP contribution in [0.4, 0.5) is 0 Å². The Labute approximate surface area is 153 Å². The second-order valence-electron chi connectivity index (χ2n) is 6.48. The Balaban J connectivity index is 1.76. The number of halogens is 1. The fraction of sp³-hybridized carbons (Fsp3) is 0.611. The van der Waals surface area contributed by atoms with Crippen molar-refractivity contribution in [1.82, 2.24) is 10.6 Å². The smallest absolute Gasteiger partial charge is 0.255 e. The molecule has 1 amide bonds. The van der Waals surface area contributed by atoms with Gasteiger partial charge in [0.15, 0.2) is 11.5 Å². The molecule has 138 valence electrons. The number of carbonyl (C=O) groups is 1. The zero-order chi connectivity index (χ0) is 17.8. The molecule has 0 radical (unpaired) electrons. The van der Waals surface area contributed by atoms with Crippen LogP contribution in [0.15, 0.2) is 6.07 Å². The monoisotopic (exact) mass is 368 g/mol. The highest BCUT2D eigenvalue weighted by molar-refractivity contribution is 6.32. The summed E-state index contributed by atoms with van der Waals surface area (Å²) in [6.07, 6.45) is 1.84. The van der Waals surface area contributed by atoms with E-state index in [1.807, 2.05) is 6.92 Å². The van der Waals surface area contributed by atoms with Crippen molar-refractivity contribution < 1.29 is 19.0 Å². The summed E-state index contributed by atoms with van der Waals surface area (Å²) < 4.78 is 17.1. The van der Waals surface area contributed by atoms with Gasteiger partial charge in [-0.3, -0.25) is 4.79 Å². The SMILES string of the molecule is COC1CNCC[C@H]1CNC(=O)c1cc(Cl)c(C)c2c1OCCCO2. The van der Waals surface area contributed by atoms with Crippen LogP contribution in [-0.2, 0) is 4.74 Å². The predicted molar refractivity (Wildman–Crippen MR) is 95.9 cm³/mol. The zero-order valence-electron chi connectivity index (χ0n) is 14.7. The van der Waals surface area contributed by atoms with Crippen LogP contribution in [0.2, 0.25) is 5.02 Å². The van der Waals surface area contributed by atoms with E-state index in [-0.39, 0.29) is 17.9 Å². The number of rotatable bonds is 4. The summed E-state index contributed by atoms with van der Waals surface area (Å²) in [6.45, 7) is 5.24. The normalized spacial score (nSPS) is 23.0. The second kappa shape index (κ2) is 8.25. The van der Waals surface area contributed by atoms with Gasteiger partial charge in [-0.1, -0.05) is 11.6 Å². The number of hydrogen-bond donors (Lipinski definition) is 2. The molecular formula is C18H25ClN2O4. The van der Waals surface area contributed by atoms with Gasteiger partial charge in [-0.2, -0.15) is 0 Å². The highest BCUT2D eigenvalue weighted by atomic mass is 35.5. The van der Waals surface area contributed by atoms with Gasteiger partial charge in [0.05, 0.1) is 24.9 Å². The number of carbonyl (C=O) groups excluding carboxylic acids is 1. The summed E-state index contributed by atoms with van der Waals surface area (Å²) in [5, 5.41) is 6.82. The first-order valence-corrected chi connectivity index (χ1v) is 9.10. The van der Waals surface area contributed by atoms with E-state index < -0.39 is 0 Å². The Morgan fingerprint density at radius 3 is 2.92 bits per heavy atom. The molecule has 6 nitrogen and oxygen atoms in total. The van der Waals surface area contributed by atoms with E-state index in [1.165, 1.54) is 0 Å². The van der Waals surface area contributed by atoms with Gasteiger partial charge in [-0.05, 0) is 26.0 Å². The van der Waals surface area contributed by atoms with Crippen LogP contribution in [0.3, 0.4) is 0 Å². The molecule has 2 aliphatic rings. The number of ether oxygens (including phenoxy) is 3. The third kappa shape index (κ3) is 4.02. The number of fused-ring (bicyclic) bond motifs is 1. The molecule has 25 heavy (non-hydrogen) atoms. The molecule has 1 aromatic carbocycles. The fourth-order valence-corrected chi connectivity index (χ4v) is 3.50. The number of hydrogen-bond acceptors (Lipinski definition) is 5. The summed E-state index contributed by atoms with van der Waals surface area (Å²) in [6, 6.07) is 1.66. The Kier molecular flexibility index (Phi) is 6.04. The zero-order valence-corrected chi connectivity index (χ0v) is 15.4. The lowest BCUT2D eigenvalue weighted by molar-refractivity contribution is 0.0338. The van der Waals surface area contributed by atoms with Crippen molar-refractivity contribution >= 4 is 17.5 Å². The highest BCUT2D eigenvalue weighted by Gasteiger charge is 2.27. The molecule has 2 atom stereocenters. The van der Waals surface area contributed by atoms with Crippen LogP contribution in [0.5, 0.6) is 11.5 Å². The first kappa shape index (κ1) is 18.3. The lowest BCUT2D eigenvalue weighted by Gasteiger charge is -2.31. The Hall–Kier alpha value is -1.50. The summed E-state index contributed by atoms with van der Waals surface area (Å²) in [7, 11) is 1.71. The molecular weight excluding hydrogens is 344 g/mol. The van der Waals surface area contributed by atoms with Crippen LogP contribution in [-0.4, -0.2) is 52.0 Å². The van der Waals surface area contributed by atoms with Gasteiger partial charge in [0, 0.05) is 43.1 Å². The van der Waals surface area contributed by atoms with Gasteiger partial charge >= 0.3 is 0 Å². The summed E-state index contributed by atoms with van der Waals surface area (Å²) >= 11 is 6.30. The highest BCUT2D eigenvalue weighted by Crippen LogP contribution is 2.40. The van der Waals surface area contributed by atoms with Crippen molar-refractivity contribution in [2.75, 3.05) is 40.0 Å². The molecule has 0 aliphatic carbocycles. The van der Waals surface area contributed by atoms with E-state index in [1.54, 1.807) is 13.2 Å². The van der Waals surface area contributed by atoms with Gasteiger partial charge < -0.3 is 24.8 Å². The third-order valence-electron chi connectivity index (χ3n) is 4.84. The van der Waals surface area contributed by atoms with Crippen molar-refractivity contribution in [1.29, 1.82) is 0 Å². The maximum Gasteiger partial charge on any atom is 0.255 e. The van der Waals surface area contributed by atoms with Gasteiger partial charge in [0.2, 0.25) is 0 Å². The van der Waals surface area contributed by atoms with E-state index in [4.69, 9.17) is 25.8 Å². The average molecular weight is 369 g/mol. The number of piperidine rings is 1. The van der Waals surface area contributed by atoms with Crippen LogP contribution >= 0.6 is 11.6 Å². The molecule has 3 rings (SSSR count). The number of methoxy groups -OCH3 is 1. The van der Waals surface area contributed by atoms with Crippen LogP contribution in [0, 0.1) is 12.8 Å². The molecule has 0 aromatic heterocycles. The fourth-order valence-electron chi connectivity index (χ4n) is 3.31. The largest absolute Gasteiger partial charge is 0.489 e. The standard InChI is InChI=1S/C18H25ClN2O4/c1-11-14(19)8-13(17-16(11)24-6-3-7-25-17)18(22)21-9-12-4-5-20-10-15(12)23-2/h8,12,15,20H,3-7,9-10H2,1-2H3,(H,21,22)/t12-,15?/m0/s1. The molecule has 2 N–H and O–H groups in total. The lowest BCUT2D eigenvalue weighted by Crippen LogP contribution is -2.46. The van der Waals surface area contributed by atoms with Crippen molar-refractivity contribution in [3.8, 4) is 11.5 Å². The maximum absolute atomic E-state index is 12.8. The van der Waals surface area contributed by atoms with Gasteiger partial charge in [-0.15, -0.1) is 0 Å².